The molecule has 0 unspecified atom stereocenters. The lowest BCUT2D eigenvalue weighted by Crippen LogP contribution is -2.08. The van der Waals surface area contributed by atoms with Gasteiger partial charge in [-0.1, -0.05) is 17.7 Å². The number of halogens is 5. The van der Waals surface area contributed by atoms with Crippen molar-refractivity contribution in [3.63, 3.8) is 0 Å². The minimum atomic E-state index is -4.49. The van der Waals surface area contributed by atoms with Crippen molar-refractivity contribution in [2.24, 2.45) is 0 Å². The molecule has 0 bridgehead atoms. The maximum atomic E-state index is 12.7. The standard InChI is InChI=1S/C12H8BrClF3N3/c13-11-7(14)2-1-3-8(11)19-10-5-6(12(15,16)17)4-9(18)20-10/h1-5H,(H3,18,19,20). The lowest BCUT2D eigenvalue weighted by Gasteiger charge is -2.12. The van der Waals surface area contributed by atoms with Crippen LogP contribution in [0.5, 0.6) is 0 Å². The van der Waals surface area contributed by atoms with E-state index in [-0.39, 0.29) is 11.6 Å². The van der Waals surface area contributed by atoms with Gasteiger partial charge in [0, 0.05) is 0 Å². The molecule has 0 fully saturated rings. The van der Waals surface area contributed by atoms with Crippen LogP contribution in [0.2, 0.25) is 5.02 Å². The van der Waals surface area contributed by atoms with Crippen LogP contribution in [-0.4, -0.2) is 4.98 Å². The van der Waals surface area contributed by atoms with E-state index < -0.39 is 11.7 Å². The molecule has 0 aliphatic heterocycles. The molecule has 2 rings (SSSR count). The minimum absolute atomic E-state index is 0.0136. The zero-order valence-corrected chi connectivity index (χ0v) is 12.1. The van der Waals surface area contributed by atoms with Gasteiger partial charge >= 0.3 is 6.18 Å². The van der Waals surface area contributed by atoms with Gasteiger partial charge in [-0.15, -0.1) is 0 Å². The monoisotopic (exact) mass is 365 g/mol. The summed E-state index contributed by atoms with van der Waals surface area (Å²) >= 11 is 9.14. The van der Waals surface area contributed by atoms with E-state index in [1.807, 2.05) is 0 Å². The number of nitrogens with two attached hydrogens (primary N) is 1. The predicted molar refractivity (Wildman–Crippen MR) is 76.1 cm³/mol. The van der Waals surface area contributed by atoms with Crippen LogP contribution in [0.3, 0.4) is 0 Å². The smallest absolute Gasteiger partial charge is 0.384 e. The highest BCUT2D eigenvalue weighted by Crippen LogP contribution is 2.34. The van der Waals surface area contributed by atoms with Gasteiger partial charge in [-0.05, 0) is 40.2 Å². The molecule has 2 aromatic rings. The molecule has 1 heterocycles. The fourth-order valence-corrected chi connectivity index (χ4v) is 2.06. The van der Waals surface area contributed by atoms with Gasteiger partial charge in [0.05, 0.1) is 20.7 Å². The average molecular weight is 367 g/mol. The van der Waals surface area contributed by atoms with Gasteiger partial charge in [-0.3, -0.25) is 0 Å². The van der Waals surface area contributed by atoms with Crippen LogP contribution in [-0.2, 0) is 6.18 Å². The topological polar surface area (TPSA) is 50.9 Å². The first-order chi connectivity index (χ1) is 9.27. The van der Waals surface area contributed by atoms with Crippen LogP contribution < -0.4 is 11.1 Å². The van der Waals surface area contributed by atoms with Gasteiger partial charge in [-0.25, -0.2) is 4.98 Å². The molecule has 1 aromatic heterocycles. The van der Waals surface area contributed by atoms with E-state index in [4.69, 9.17) is 17.3 Å². The van der Waals surface area contributed by atoms with Crippen molar-refractivity contribution in [2.45, 2.75) is 6.18 Å². The summed E-state index contributed by atoms with van der Waals surface area (Å²) in [4.78, 5) is 3.82. The summed E-state index contributed by atoms with van der Waals surface area (Å²) in [5.41, 5.74) is 5.01. The SMILES string of the molecule is Nc1cc(C(F)(F)F)cc(Nc2cccc(Cl)c2Br)n1. The molecule has 0 saturated heterocycles. The number of rotatable bonds is 2. The molecule has 1 aromatic carbocycles. The molecule has 0 saturated carbocycles. The van der Waals surface area contributed by atoms with Gasteiger partial charge in [0.25, 0.3) is 0 Å². The number of hydrogen-bond acceptors (Lipinski definition) is 3. The Morgan fingerprint density at radius 3 is 2.60 bits per heavy atom. The van der Waals surface area contributed by atoms with Crippen LogP contribution >= 0.6 is 27.5 Å². The van der Waals surface area contributed by atoms with Gasteiger partial charge in [-0.2, -0.15) is 13.2 Å². The number of alkyl halides is 3. The number of pyridine rings is 1. The summed E-state index contributed by atoms with van der Waals surface area (Å²) < 4.78 is 38.6. The fraction of sp³-hybridized carbons (Fsp3) is 0.0833. The zero-order chi connectivity index (χ0) is 14.9. The van der Waals surface area contributed by atoms with Crippen LogP contribution in [0.1, 0.15) is 5.56 Å². The lowest BCUT2D eigenvalue weighted by atomic mass is 10.2. The summed E-state index contributed by atoms with van der Waals surface area (Å²) in [5, 5.41) is 3.17. The molecule has 0 amide bonds. The molecule has 0 aliphatic rings. The second-order valence-electron chi connectivity index (χ2n) is 3.89. The van der Waals surface area contributed by atoms with Crippen molar-refractivity contribution in [1.29, 1.82) is 0 Å². The van der Waals surface area contributed by atoms with Gasteiger partial charge in [0.1, 0.15) is 11.6 Å². The Labute approximate surface area is 126 Å². The maximum Gasteiger partial charge on any atom is 0.416 e. The van der Waals surface area contributed by atoms with Gasteiger partial charge < -0.3 is 11.1 Å². The second kappa shape index (κ2) is 5.49. The Morgan fingerprint density at radius 2 is 1.95 bits per heavy atom. The van der Waals surface area contributed by atoms with Gasteiger partial charge in [0.15, 0.2) is 0 Å². The minimum Gasteiger partial charge on any atom is -0.384 e. The number of anilines is 3. The van der Waals surface area contributed by atoms with E-state index in [0.29, 0.717) is 15.2 Å². The summed E-state index contributed by atoms with van der Waals surface area (Å²) in [5.74, 6) is -0.235. The normalized spacial score (nSPS) is 11.4. The van der Waals surface area contributed by atoms with E-state index in [1.54, 1.807) is 18.2 Å². The molecular formula is C12H8BrClF3N3. The Bertz CT molecular complexity index is 646. The molecule has 8 heteroatoms. The first kappa shape index (κ1) is 14.9. The highest BCUT2D eigenvalue weighted by Gasteiger charge is 2.31. The van der Waals surface area contributed by atoms with Crippen molar-refractivity contribution in [1.82, 2.24) is 4.98 Å². The van der Waals surface area contributed by atoms with Crippen molar-refractivity contribution >= 4 is 44.9 Å². The molecular weight excluding hydrogens is 359 g/mol. The number of benzene rings is 1. The fourth-order valence-electron chi connectivity index (χ4n) is 1.52. The Kier molecular flexibility index (Phi) is 4.10. The quantitative estimate of drug-likeness (QED) is 0.799. The third kappa shape index (κ3) is 3.34. The first-order valence-corrected chi connectivity index (χ1v) is 6.50. The van der Waals surface area contributed by atoms with Crippen LogP contribution in [0.4, 0.5) is 30.5 Å². The van der Waals surface area contributed by atoms with E-state index in [1.165, 1.54) is 0 Å². The Hall–Kier alpha value is -1.47. The van der Waals surface area contributed by atoms with Crippen LogP contribution in [0.25, 0.3) is 0 Å². The lowest BCUT2D eigenvalue weighted by molar-refractivity contribution is -0.137. The number of nitrogens with one attached hydrogen (secondary N) is 1. The van der Waals surface area contributed by atoms with Crippen LogP contribution in [0.15, 0.2) is 34.8 Å². The maximum absolute atomic E-state index is 12.7. The van der Waals surface area contributed by atoms with Crippen molar-refractivity contribution in [3.05, 3.63) is 45.4 Å². The van der Waals surface area contributed by atoms with Crippen molar-refractivity contribution in [3.8, 4) is 0 Å². The molecule has 0 atom stereocenters. The van der Waals surface area contributed by atoms with Crippen molar-refractivity contribution in [2.75, 3.05) is 11.1 Å². The molecule has 106 valence electrons. The molecule has 0 aliphatic carbocycles. The summed E-state index contributed by atoms with van der Waals surface area (Å²) in [6, 6.07) is 6.60. The molecule has 0 radical (unpaired) electrons. The second-order valence-corrected chi connectivity index (χ2v) is 5.09. The van der Waals surface area contributed by atoms with Crippen LogP contribution in [0, 0.1) is 0 Å². The Balaban J connectivity index is 2.39. The largest absolute Gasteiger partial charge is 0.416 e. The molecule has 20 heavy (non-hydrogen) atoms. The highest BCUT2D eigenvalue weighted by atomic mass is 79.9. The van der Waals surface area contributed by atoms with E-state index in [0.717, 1.165) is 12.1 Å². The third-order valence-electron chi connectivity index (χ3n) is 2.39. The predicted octanol–water partition coefficient (Wildman–Crippen LogP) is 4.84. The average Bonchev–Trinajstić information content (AvgIpc) is 2.33. The number of aromatic nitrogens is 1. The van der Waals surface area contributed by atoms with E-state index in [9.17, 15) is 13.2 Å². The van der Waals surface area contributed by atoms with E-state index in [2.05, 4.69) is 26.2 Å². The summed E-state index contributed by atoms with van der Waals surface area (Å²) in [6.07, 6.45) is -4.49. The highest BCUT2D eigenvalue weighted by molar-refractivity contribution is 9.10. The van der Waals surface area contributed by atoms with Crippen molar-refractivity contribution < 1.29 is 13.2 Å². The molecule has 0 spiro atoms. The number of hydrogen-bond donors (Lipinski definition) is 2. The summed E-state index contributed by atoms with van der Waals surface area (Å²) in [6.45, 7) is 0. The first-order valence-electron chi connectivity index (χ1n) is 5.33. The summed E-state index contributed by atoms with van der Waals surface area (Å²) in [7, 11) is 0. The van der Waals surface area contributed by atoms with E-state index >= 15 is 0 Å². The third-order valence-corrected chi connectivity index (χ3v) is 3.78. The zero-order valence-electron chi connectivity index (χ0n) is 9.80. The molecule has 3 N–H and O–H groups in total. The molecule has 3 nitrogen and oxygen atoms in total. The van der Waals surface area contributed by atoms with Gasteiger partial charge in [0.2, 0.25) is 0 Å². The Morgan fingerprint density at radius 1 is 1.25 bits per heavy atom. The number of nitrogens with zero attached hydrogens (tertiary/aromatic N) is 1. The number of nitrogen functional groups attached to an aromatic ring is 1.